The van der Waals surface area contributed by atoms with Gasteiger partial charge in [-0.25, -0.2) is 8.78 Å². The molecule has 0 bridgehead atoms. The summed E-state index contributed by atoms with van der Waals surface area (Å²) >= 11 is 0. The Bertz CT molecular complexity index is 1680. The van der Waals surface area contributed by atoms with Crippen LogP contribution in [0.1, 0.15) is 50.0 Å². The maximum atomic E-state index is 14.8. The average molecular weight is 636 g/mol. The van der Waals surface area contributed by atoms with E-state index in [1.165, 1.54) is 30.3 Å². The van der Waals surface area contributed by atoms with E-state index < -0.39 is 34.9 Å². The molecular weight excluding hydrogens is 600 g/mol. The summed E-state index contributed by atoms with van der Waals surface area (Å²) in [6.07, 6.45) is 2.57. The monoisotopic (exact) mass is 635 g/mol. The molecule has 1 aliphatic heterocycles. The smallest absolute Gasteiger partial charge is 0.251 e. The van der Waals surface area contributed by atoms with Gasteiger partial charge < -0.3 is 30.2 Å². The summed E-state index contributed by atoms with van der Waals surface area (Å²) in [7, 11) is 0. The van der Waals surface area contributed by atoms with Gasteiger partial charge in [0.05, 0.1) is 43.6 Å². The van der Waals surface area contributed by atoms with Crippen LogP contribution in [-0.2, 0) is 9.47 Å². The summed E-state index contributed by atoms with van der Waals surface area (Å²) in [5, 5.41) is 16.7. The third-order valence-corrected chi connectivity index (χ3v) is 7.45. The highest BCUT2D eigenvalue weighted by atomic mass is 19.2. The van der Waals surface area contributed by atoms with Gasteiger partial charge in [0.25, 0.3) is 11.8 Å². The van der Waals surface area contributed by atoms with Crippen LogP contribution >= 0.6 is 0 Å². The molecule has 1 fully saturated rings. The molecule has 0 spiro atoms. The largest absolute Gasteiger partial charge is 0.490 e. The van der Waals surface area contributed by atoms with Crippen LogP contribution in [0.15, 0.2) is 60.8 Å². The van der Waals surface area contributed by atoms with Gasteiger partial charge in [-0.15, -0.1) is 0 Å². The van der Waals surface area contributed by atoms with Crippen molar-refractivity contribution in [2.24, 2.45) is 0 Å². The first-order chi connectivity index (χ1) is 22.4. The maximum Gasteiger partial charge on any atom is 0.251 e. The fourth-order valence-corrected chi connectivity index (χ4v) is 5.02. The molecule has 242 valence electrons. The number of H-pyrrole nitrogens is 1. The van der Waals surface area contributed by atoms with Crippen LogP contribution in [0.4, 0.5) is 8.78 Å². The van der Waals surface area contributed by atoms with E-state index >= 15 is 0 Å². The number of nitrogens with one attached hydrogen (secondary N) is 4. The third-order valence-electron chi connectivity index (χ3n) is 7.45. The van der Waals surface area contributed by atoms with Crippen LogP contribution < -0.4 is 20.7 Å². The number of rotatable bonds is 15. The normalized spacial score (nSPS) is 16.0. The van der Waals surface area contributed by atoms with Crippen molar-refractivity contribution >= 4 is 28.5 Å². The molecule has 3 aromatic carbocycles. The average Bonchev–Trinajstić information content (AvgIpc) is 3.72. The van der Waals surface area contributed by atoms with Crippen molar-refractivity contribution in [1.29, 1.82) is 0 Å². The number of ketones is 1. The van der Waals surface area contributed by atoms with E-state index in [0.29, 0.717) is 38.5 Å². The summed E-state index contributed by atoms with van der Waals surface area (Å²) in [5.41, 5.74) is 0.928. The van der Waals surface area contributed by atoms with Gasteiger partial charge in [-0.2, -0.15) is 5.10 Å². The lowest BCUT2D eigenvalue weighted by Crippen LogP contribution is -2.51. The molecule has 1 aromatic heterocycles. The molecule has 1 aliphatic rings. The van der Waals surface area contributed by atoms with Gasteiger partial charge >= 0.3 is 0 Å². The van der Waals surface area contributed by atoms with Crippen molar-refractivity contribution in [1.82, 2.24) is 26.1 Å². The Labute approximate surface area is 264 Å². The molecule has 0 radical (unpaired) electrons. The zero-order chi connectivity index (χ0) is 32.5. The van der Waals surface area contributed by atoms with Crippen LogP contribution in [-0.4, -0.2) is 86.0 Å². The number of ether oxygens (including phenoxy) is 3. The molecule has 0 saturated carbocycles. The van der Waals surface area contributed by atoms with Crippen molar-refractivity contribution in [3.8, 4) is 5.75 Å². The number of benzene rings is 3. The fraction of sp³-hybridized carbons (Fsp3) is 0.333. The highest BCUT2D eigenvalue weighted by Crippen LogP contribution is 2.27. The van der Waals surface area contributed by atoms with Gasteiger partial charge in [-0.1, -0.05) is 25.1 Å². The maximum absolute atomic E-state index is 14.8. The molecule has 4 N–H and O–H groups in total. The van der Waals surface area contributed by atoms with E-state index in [2.05, 4.69) is 26.1 Å². The molecule has 4 aromatic rings. The zero-order valence-corrected chi connectivity index (χ0v) is 25.2. The van der Waals surface area contributed by atoms with Crippen LogP contribution in [0.25, 0.3) is 10.9 Å². The number of hydrogen-bond donors (Lipinski definition) is 4. The Kier molecular flexibility index (Phi) is 11.0. The van der Waals surface area contributed by atoms with Gasteiger partial charge in [0.15, 0.2) is 17.4 Å². The van der Waals surface area contributed by atoms with Crippen molar-refractivity contribution in [2.75, 3.05) is 46.1 Å². The molecule has 13 heteroatoms. The SMILES string of the molecule is CCCOCCOCCOc1ccc(F)c(F)c1C(=O)c1ccc(C(=O)N[C@@H]2CNC[C@@H]2NC(=O)c2ccc3cn[nH]c3c2)cc1. The summed E-state index contributed by atoms with van der Waals surface area (Å²) < 4.78 is 45.3. The molecular formula is C33H35F2N5O6. The lowest BCUT2D eigenvalue weighted by Gasteiger charge is -2.21. The van der Waals surface area contributed by atoms with Crippen molar-refractivity contribution in [3.63, 3.8) is 0 Å². The predicted octanol–water partition coefficient (Wildman–Crippen LogP) is 3.39. The Morgan fingerprint density at radius 2 is 1.46 bits per heavy atom. The number of amides is 2. The Hall–Kier alpha value is -4.72. The Morgan fingerprint density at radius 3 is 2.17 bits per heavy atom. The quantitative estimate of drug-likeness (QED) is 0.115. The van der Waals surface area contributed by atoms with Crippen LogP contribution in [0, 0.1) is 11.6 Å². The number of aromatic amines is 1. The molecule has 2 atom stereocenters. The molecule has 0 aliphatic carbocycles. The number of carbonyl (C=O) groups excluding carboxylic acids is 3. The molecule has 2 amide bonds. The predicted molar refractivity (Wildman–Crippen MR) is 165 cm³/mol. The van der Waals surface area contributed by atoms with Crippen molar-refractivity contribution in [2.45, 2.75) is 25.4 Å². The number of aromatic nitrogens is 2. The van der Waals surface area contributed by atoms with E-state index in [-0.39, 0.29) is 42.0 Å². The lowest BCUT2D eigenvalue weighted by atomic mass is 10.00. The second-order valence-corrected chi connectivity index (χ2v) is 10.7. The summed E-state index contributed by atoms with van der Waals surface area (Å²) in [6.45, 7) is 4.48. The number of fused-ring (bicyclic) bond motifs is 1. The minimum atomic E-state index is -1.33. The first-order valence-electron chi connectivity index (χ1n) is 15.0. The Balaban J connectivity index is 1.18. The highest BCUT2D eigenvalue weighted by molar-refractivity contribution is 6.11. The zero-order valence-electron chi connectivity index (χ0n) is 25.2. The molecule has 11 nitrogen and oxygen atoms in total. The van der Waals surface area contributed by atoms with E-state index in [9.17, 15) is 23.2 Å². The fourth-order valence-electron chi connectivity index (χ4n) is 5.02. The lowest BCUT2D eigenvalue weighted by molar-refractivity contribution is 0.0364. The Morgan fingerprint density at radius 1 is 0.826 bits per heavy atom. The van der Waals surface area contributed by atoms with Crippen molar-refractivity contribution < 1.29 is 37.4 Å². The van der Waals surface area contributed by atoms with Gasteiger partial charge in [0.2, 0.25) is 0 Å². The van der Waals surface area contributed by atoms with Crippen LogP contribution in [0.5, 0.6) is 5.75 Å². The number of halogens is 2. The van der Waals surface area contributed by atoms with Crippen LogP contribution in [0.2, 0.25) is 0 Å². The minimum Gasteiger partial charge on any atom is -0.490 e. The minimum absolute atomic E-state index is 0.00912. The molecule has 46 heavy (non-hydrogen) atoms. The third kappa shape index (κ3) is 7.91. The highest BCUT2D eigenvalue weighted by Gasteiger charge is 2.30. The first kappa shape index (κ1) is 32.7. The van der Waals surface area contributed by atoms with Gasteiger partial charge in [-0.05, 0) is 42.8 Å². The summed E-state index contributed by atoms with van der Waals surface area (Å²) in [6, 6.07) is 12.1. The van der Waals surface area contributed by atoms with Crippen LogP contribution in [0.3, 0.4) is 0 Å². The second-order valence-electron chi connectivity index (χ2n) is 10.7. The molecule has 0 unspecified atom stereocenters. The van der Waals surface area contributed by atoms with E-state index in [1.807, 2.05) is 6.92 Å². The number of hydrogen-bond acceptors (Lipinski definition) is 8. The summed E-state index contributed by atoms with van der Waals surface area (Å²) in [5.74, 6) is -4.15. The first-order valence-corrected chi connectivity index (χ1v) is 15.0. The second kappa shape index (κ2) is 15.5. The van der Waals surface area contributed by atoms with E-state index in [1.54, 1.807) is 24.4 Å². The molecule has 1 saturated heterocycles. The number of nitrogens with zero attached hydrogens (tertiary/aromatic N) is 1. The van der Waals surface area contributed by atoms with Gasteiger partial charge in [-0.3, -0.25) is 19.5 Å². The van der Waals surface area contributed by atoms with Gasteiger partial charge in [0, 0.05) is 41.8 Å². The summed E-state index contributed by atoms with van der Waals surface area (Å²) in [4.78, 5) is 39.2. The number of carbonyl (C=O) groups is 3. The van der Waals surface area contributed by atoms with E-state index in [4.69, 9.17) is 14.2 Å². The molecule has 2 heterocycles. The van der Waals surface area contributed by atoms with Gasteiger partial charge in [0.1, 0.15) is 17.9 Å². The standard InChI is InChI=1S/C33H35F2N5O6/c1-2-11-44-12-13-45-14-15-46-28-10-9-24(34)30(35)29(28)31(41)20-3-5-21(6-4-20)32(42)38-26-18-36-19-27(26)39-33(43)22-7-8-23-17-37-40-25(23)16-22/h3-10,16-17,26-27,36H,2,11-15,18-19H2,1H3,(H,37,40)(H,38,42)(H,39,43)/t26-,27+/m1/s1. The molecule has 5 rings (SSSR count). The topological polar surface area (TPSA) is 144 Å². The van der Waals surface area contributed by atoms with E-state index in [0.717, 1.165) is 23.4 Å². The van der Waals surface area contributed by atoms with Crippen molar-refractivity contribution in [3.05, 3.63) is 94.7 Å².